The summed E-state index contributed by atoms with van der Waals surface area (Å²) in [6.45, 7) is 0. The molecule has 0 aliphatic heterocycles. The zero-order chi connectivity index (χ0) is 12.4. The van der Waals surface area contributed by atoms with E-state index in [1.165, 1.54) is 0 Å². The lowest BCUT2D eigenvalue weighted by atomic mass is 10.0. The maximum absolute atomic E-state index is 10.2. The maximum atomic E-state index is 10.2. The summed E-state index contributed by atoms with van der Waals surface area (Å²) in [4.78, 5) is 0. The minimum absolute atomic E-state index is 0.521. The SMILES string of the molecule is Cn1cc(CC(O)c2cc(Cl)ccc2Br)cn1. The van der Waals surface area contributed by atoms with Gasteiger partial charge in [0.05, 0.1) is 12.3 Å². The first kappa shape index (κ1) is 12.6. The molecule has 1 N–H and O–H groups in total. The Hall–Kier alpha value is -0.840. The van der Waals surface area contributed by atoms with Crippen molar-refractivity contribution in [2.75, 3.05) is 0 Å². The van der Waals surface area contributed by atoms with Crippen LogP contribution in [0.5, 0.6) is 0 Å². The first-order valence-corrected chi connectivity index (χ1v) is 6.34. The summed E-state index contributed by atoms with van der Waals surface area (Å²) in [5.74, 6) is 0. The summed E-state index contributed by atoms with van der Waals surface area (Å²) >= 11 is 9.33. The van der Waals surface area contributed by atoms with Gasteiger partial charge >= 0.3 is 0 Å². The molecule has 3 nitrogen and oxygen atoms in total. The van der Waals surface area contributed by atoms with Crippen LogP contribution < -0.4 is 0 Å². The Morgan fingerprint density at radius 3 is 2.94 bits per heavy atom. The van der Waals surface area contributed by atoms with Crippen molar-refractivity contribution in [3.05, 3.63) is 51.2 Å². The fourth-order valence-electron chi connectivity index (χ4n) is 1.68. The van der Waals surface area contributed by atoms with Gasteiger partial charge in [0.15, 0.2) is 0 Å². The summed E-state index contributed by atoms with van der Waals surface area (Å²) < 4.78 is 2.58. The number of aryl methyl sites for hydroxylation is 1. The van der Waals surface area contributed by atoms with Gasteiger partial charge in [0.1, 0.15) is 0 Å². The summed E-state index contributed by atoms with van der Waals surface area (Å²) in [6.07, 6.45) is 3.57. The van der Waals surface area contributed by atoms with E-state index in [2.05, 4.69) is 21.0 Å². The predicted molar refractivity (Wildman–Crippen MR) is 71.0 cm³/mol. The van der Waals surface area contributed by atoms with Crippen LogP contribution in [0.15, 0.2) is 35.1 Å². The standard InChI is InChI=1S/C12H12BrClN2O/c1-16-7-8(6-15-16)4-12(17)10-5-9(14)2-3-11(10)13/h2-3,5-7,12,17H,4H2,1H3. The Bertz CT molecular complexity index is 527. The van der Waals surface area contributed by atoms with Gasteiger partial charge in [0.2, 0.25) is 0 Å². The van der Waals surface area contributed by atoms with Gasteiger partial charge in [-0.3, -0.25) is 4.68 Å². The van der Waals surface area contributed by atoms with Gasteiger partial charge in [-0.25, -0.2) is 0 Å². The van der Waals surface area contributed by atoms with Crippen LogP contribution in [0.2, 0.25) is 5.02 Å². The molecule has 0 fully saturated rings. The van der Waals surface area contributed by atoms with Gasteiger partial charge in [0, 0.05) is 29.2 Å². The molecule has 17 heavy (non-hydrogen) atoms. The molecule has 1 aromatic carbocycles. The highest BCUT2D eigenvalue weighted by Crippen LogP contribution is 2.28. The Morgan fingerprint density at radius 1 is 1.53 bits per heavy atom. The minimum Gasteiger partial charge on any atom is -0.388 e. The van der Waals surface area contributed by atoms with Crippen molar-refractivity contribution in [1.29, 1.82) is 0 Å². The summed E-state index contributed by atoms with van der Waals surface area (Å²) in [7, 11) is 1.85. The fourth-order valence-corrected chi connectivity index (χ4v) is 2.37. The average Bonchev–Trinajstić information content (AvgIpc) is 2.67. The van der Waals surface area contributed by atoms with Gasteiger partial charge in [-0.2, -0.15) is 5.10 Å². The minimum atomic E-state index is -0.590. The van der Waals surface area contributed by atoms with E-state index < -0.39 is 6.10 Å². The molecule has 0 bridgehead atoms. The Labute approximate surface area is 113 Å². The molecule has 1 aromatic heterocycles. The maximum Gasteiger partial charge on any atom is 0.0842 e. The molecule has 5 heteroatoms. The highest BCUT2D eigenvalue weighted by atomic mass is 79.9. The molecule has 0 aliphatic rings. The van der Waals surface area contributed by atoms with E-state index in [9.17, 15) is 5.11 Å². The molecular weight excluding hydrogens is 304 g/mol. The second kappa shape index (κ2) is 5.21. The number of aliphatic hydroxyl groups excluding tert-OH is 1. The molecule has 0 saturated carbocycles. The number of halogens is 2. The van der Waals surface area contributed by atoms with Gasteiger partial charge < -0.3 is 5.11 Å². The molecule has 2 aromatic rings. The summed E-state index contributed by atoms with van der Waals surface area (Å²) in [5, 5.41) is 14.9. The van der Waals surface area contributed by atoms with Gasteiger partial charge in [-0.15, -0.1) is 0 Å². The molecule has 2 rings (SSSR count). The number of aromatic nitrogens is 2. The lowest BCUT2D eigenvalue weighted by molar-refractivity contribution is 0.177. The number of rotatable bonds is 3. The molecule has 0 amide bonds. The third-order valence-electron chi connectivity index (χ3n) is 2.50. The first-order valence-electron chi connectivity index (χ1n) is 5.17. The normalized spacial score (nSPS) is 12.7. The molecule has 0 saturated heterocycles. The smallest absolute Gasteiger partial charge is 0.0842 e. The first-order chi connectivity index (χ1) is 8.06. The van der Waals surface area contributed by atoms with Crippen LogP contribution in [0.3, 0.4) is 0 Å². The Balaban J connectivity index is 2.19. The lowest BCUT2D eigenvalue weighted by Gasteiger charge is -2.12. The number of aliphatic hydroxyl groups is 1. The van der Waals surface area contributed by atoms with Crippen LogP contribution >= 0.6 is 27.5 Å². The third kappa shape index (κ3) is 3.09. The predicted octanol–water partition coefficient (Wildman–Crippen LogP) is 3.11. The van der Waals surface area contributed by atoms with Crippen molar-refractivity contribution in [1.82, 2.24) is 9.78 Å². The third-order valence-corrected chi connectivity index (χ3v) is 3.46. The van der Waals surface area contributed by atoms with E-state index in [-0.39, 0.29) is 0 Å². The van der Waals surface area contributed by atoms with Crippen molar-refractivity contribution in [3.8, 4) is 0 Å². The average molecular weight is 316 g/mol. The molecule has 1 heterocycles. The highest BCUT2D eigenvalue weighted by molar-refractivity contribution is 9.10. The van der Waals surface area contributed by atoms with E-state index in [4.69, 9.17) is 11.6 Å². The van der Waals surface area contributed by atoms with E-state index in [1.54, 1.807) is 23.0 Å². The molecular formula is C12H12BrClN2O. The quantitative estimate of drug-likeness (QED) is 0.945. The topological polar surface area (TPSA) is 38.0 Å². The molecule has 90 valence electrons. The second-order valence-corrected chi connectivity index (χ2v) is 5.20. The second-order valence-electron chi connectivity index (χ2n) is 3.91. The van der Waals surface area contributed by atoms with E-state index >= 15 is 0 Å². The number of benzene rings is 1. The van der Waals surface area contributed by atoms with Crippen molar-refractivity contribution >= 4 is 27.5 Å². The lowest BCUT2D eigenvalue weighted by Crippen LogP contribution is -2.02. The molecule has 0 radical (unpaired) electrons. The Kier molecular flexibility index (Phi) is 3.86. The zero-order valence-corrected chi connectivity index (χ0v) is 11.6. The monoisotopic (exact) mass is 314 g/mol. The van der Waals surface area contributed by atoms with E-state index in [1.807, 2.05) is 19.3 Å². The Morgan fingerprint density at radius 2 is 2.29 bits per heavy atom. The fraction of sp³-hybridized carbons (Fsp3) is 0.250. The summed E-state index contributed by atoms with van der Waals surface area (Å²) in [6, 6.07) is 5.39. The van der Waals surface area contributed by atoms with Gasteiger partial charge in [-0.05, 0) is 29.3 Å². The molecule has 1 unspecified atom stereocenters. The van der Waals surface area contributed by atoms with Gasteiger partial charge in [0.25, 0.3) is 0 Å². The highest BCUT2D eigenvalue weighted by Gasteiger charge is 2.13. The number of hydrogen-bond acceptors (Lipinski definition) is 2. The van der Waals surface area contributed by atoms with Crippen LogP contribution in [-0.2, 0) is 13.5 Å². The van der Waals surface area contributed by atoms with Crippen molar-refractivity contribution in [2.45, 2.75) is 12.5 Å². The van der Waals surface area contributed by atoms with Crippen LogP contribution in [0.4, 0.5) is 0 Å². The van der Waals surface area contributed by atoms with Crippen LogP contribution in [0, 0.1) is 0 Å². The van der Waals surface area contributed by atoms with Crippen LogP contribution in [0.1, 0.15) is 17.2 Å². The largest absolute Gasteiger partial charge is 0.388 e. The van der Waals surface area contributed by atoms with E-state index in [0.29, 0.717) is 11.4 Å². The molecule has 0 spiro atoms. The summed E-state index contributed by atoms with van der Waals surface area (Å²) in [5.41, 5.74) is 1.79. The van der Waals surface area contributed by atoms with Crippen LogP contribution in [-0.4, -0.2) is 14.9 Å². The molecule has 0 aliphatic carbocycles. The van der Waals surface area contributed by atoms with Crippen molar-refractivity contribution < 1.29 is 5.11 Å². The molecule has 1 atom stereocenters. The van der Waals surface area contributed by atoms with Crippen molar-refractivity contribution in [2.24, 2.45) is 7.05 Å². The van der Waals surface area contributed by atoms with Gasteiger partial charge in [-0.1, -0.05) is 27.5 Å². The number of nitrogens with zero attached hydrogens (tertiary/aromatic N) is 2. The number of hydrogen-bond donors (Lipinski definition) is 1. The van der Waals surface area contributed by atoms with E-state index in [0.717, 1.165) is 15.6 Å². The zero-order valence-electron chi connectivity index (χ0n) is 9.27. The van der Waals surface area contributed by atoms with Crippen molar-refractivity contribution in [3.63, 3.8) is 0 Å². The van der Waals surface area contributed by atoms with Crippen LogP contribution in [0.25, 0.3) is 0 Å².